The molecule has 0 radical (unpaired) electrons. The minimum Gasteiger partial charge on any atom is -0.508 e. The minimum absolute atomic E-state index is 0.103. The number of nitrogens with two attached hydrogens (primary N) is 4. The number of aliphatic hydroxyl groups excluding tert-OH is 2. The molecule has 1 fully saturated rings. The number of aromatic hydroxyl groups is 1. The van der Waals surface area contributed by atoms with Crippen molar-refractivity contribution in [2.45, 2.75) is 176 Å². The predicted molar refractivity (Wildman–Crippen MR) is 445 cm³/mol. The number of H-pyrrole nitrogens is 1. The molecule has 26 N–H and O–H groups in total. The molecule has 120 heavy (non-hydrogen) atoms. The number of phenols is 1. The topological polar surface area (TPSA) is 613 Å². The molecule has 5 aromatic carbocycles. The predicted octanol–water partition coefficient (Wildman–Crippen LogP) is -3.35. The quantitative estimate of drug-likeness (QED) is 0.0177. The Hall–Kier alpha value is -12.0. The number of primary amides is 1. The summed E-state index contributed by atoms with van der Waals surface area (Å²) >= 11 is 0. The number of phenolic OH excluding ortho intramolecular Hbond substituents is 1. The monoisotopic (exact) mass is 1700 g/mol. The lowest BCUT2D eigenvalue weighted by molar-refractivity contribution is -0.142. The summed E-state index contributed by atoms with van der Waals surface area (Å²) in [7, 11) is 1.52. The van der Waals surface area contributed by atoms with Crippen molar-refractivity contribution in [3.05, 3.63) is 174 Å². The molecule has 1 aromatic heterocycles. The molecule has 37 nitrogen and oxygen atoms in total. The third-order valence-electron chi connectivity index (χ3n) is 19.2. The van der Waals surface area contributed by atoms with E-state index in [9.17, 15) is 78.0 Å². The number of fused-ring (bicyclic) bond motifs is 1. The number of rotatable bonds is 27. The van der Waals surface area contributed by atoms with Gasteiger partial charge in [0.1, 0.15) is 78.3 Å². The Morgan fingerprint density at radius 2 is 0.858 bits per heavy atom. The fourth-order valence-corrected chi connectivity index (χ4v) is 15.0. The normalized spacial score (nSPS) is 22.9. The molecule has 14 atom stereocenters. The van der Waals surface area contributed by atoms with Crippen LogP contribution in [0.25, 0.3) is 10.9 Å². The van der Waals surface area contributed by atoms with Crippen molar-refractivity contribution < 1.29 is 92.3 Å². The van der Waals surface area contributed by atoms with Crippen LogP contribution in [0.15, 0.2) is 146 Å². The van der Waals surface area contributed by atoms with Crippen molar-refractivity contribution in [1.29, 1.82) is 0 Å². The summed E-state index contributed by atoms with van der Waals surface area (Å²) in [6, 6.07) is 15.4. The highest BCUT2D eigenvalue weighted by atomic mass is 33.1. The molecule has 6 aromatic rings. The van der Waals surface area contributed by atoms with Gasteiger partial charge in [-0.25, -0.2) is 4.79 Å². The van der Waals surface area contributed by atoms with E-state index < -0.39 is 211 Å². The zero-order chi connectivity index (χ0) is 87.4. The molecule has 0 saturated carbocycles. The Bertz CT molecular complexity index is 4480. The van der Waals surface area contributed by atoms with Crippen LogP contribution in [-0.4, -0.2) is 236 Å². The van der Waals surface area contributed by atoms with Crippen molar-refractivity contribution in [2.24, 2.45) is 22.9 Å². The fraction of sp³-hybridized carbons (Fsp3) is 0.420. The number of carbonyl (C=O) groups excluding carboxylic acids is 14. The SMILES string of the molecule is C[C@H](N)C(=O)NCC(=O)N[C@H]1CSSC[C@@H](C(=O)O)NC(=O)[C@H](CO)NC(=O)[C@H](Cc2ccc(O)cc2)NC(=O)[C@H](Cc2ccccc2)NC(=O)[C@H]([C@@H](C)O)NC(=O)[C@H](CCCCN)NC(=O)[C@H](Cc2c[nH]c3ccccc23)NC(=O)[C@H](Cc2ccccc2)NC(=O)[C@H](Cc2ccccc2)NC(=O)[C@H](CC(N)=O)NC(=O)[C@H](CCCCN)NC1=O. The average molecular weight is 1700 g/mol. The van der Waals surface area contributed by atoms with Crippen molar-refractivity contribution in [2.75, 3.05) is 37.7 Å². The number of aromatic nitrogens is 1. The first-order valence-corrected chi connectivity index (χ1v) is 41.5. The summed E-state index contributed by atoms with van der Waals surface area (Å²) in [6.07, 6.45) is -2.04. The second-order valence-electron chi connectivity index (χ2n) is 28.8. The van der Waals surface area contributed by atoms with Crippen LogP contribution in [0, 0.1) is 0 Å². The van der Waals surface area contributed by atoms with E-state index in [1.807, 2.05) is 0 Å². The molecule has 1 saturated heterocycles. The van der Waals surface area contributed by atoms with E-state index in [2.05, 4.69) is 74.1 Å². The number of para-hydroxylation sites is 1. The maximum Gasteiger partial charge on any atom is 0.327 e. The van der Waals surface area contributed by atoms with Crippen LogP contribution in [0.3, 0.4) is 0 Å². The largest absolute Gasteiger partial charge is 0.508 e. The number of unbranched alkanes of at least 4 members (excludes halogenated alkanes) is 2. The van der Waals surface area contributed by atoms with Crippen LogP contribution in [-0.2, 0) is 104 Å². The van der Waals surface area contributed by atoms with Gasteiger partial charge in [0.15, 0.2) is 0 Å². The average Bonchev–Trinajstić information content (AvgIpc) is 1.66. The molecule has 39 heteroatoms. The van der Waals surface area contributed by atoms with Gasteiger partial charge in [0.2, 0.25) is 82.7 Å². The zero-order valence-electron chi connectivity index (χ0n) is 66.2. The summed E-state index contributed by atoms with van der Waals surface area (Å²) in [5.74, 6) is -17.6. The maximum atomic E-state index is 15.4. The lowest BCUT2D eigenvalue weighted by Gasteiger charge is -2.29. The fourth-order valence-electron chi connectivity index (χ4n) is 12.6. The van der Waals surface area contributed by atoms with Gasteiger partial charge in [-0.05, 0) is 111 Å². The van der Waals surface area contributed by atoms with E-state index >= 15 is 14.4 Å². The first-order valence-electron chi connectivity index (χ1n) is 39.0. The number of nitrogens with one attached hydrogen (secondary N) is 14. The van der Waals surface area contributed by atoms with Gasteiger partial charge < -0.3 is 117 Å². The van der Waals surface area contributed by atoms with Crippen LogP contribution in [0.4, 0.5) is 0 Å². The summed E-state index contributed by atoms with van der Waals surface area (Å²) in [5.41, 5.74) is 26.1. The number of aliphatic carboxylic acids is 1. The van der Waals surface area contributed by atoms with Crippen molar-refractivity contribution >= 4 is 121 Å². The molecule has 646 valence electrons. The third kappa shape index (κ3) is 31.0. The van der Waals surface area contributed by atoms with Gasteiger partial charge in [0.25, 0.3) is 0 Å². The van der Waals surface area contributed by atoms with Gasteiger partial charge >= 0.3 is 5.97 Å². The number of carbonyl (C=O) groups is 15. The van der Waals surface area contributed by atoms with E-state index in [1.165, 1.54) is 31.2 Å². The highest BCUT2D eigenvalue weighted by molar-refractivity contribution is 8.76. The highest BCUT2D eigenvalue weighted by Crippen LogP contribution is 2.25. The Morgan fingerprint density at radius 1 is 0.467 bits per heavy atom. The van der Waals surface area contributed by atoms with Crippen LogP contribution in [0.1, 0.15) is 86.6 Å². The zero-order valence-corrected chi connectivity index (χ0v) is 67.8. The van der Waals surface area contributed by atoms with Crippen LogP contribution < -0.4 is 92.1 Å². The third-order valence-corrected chi connectivity index (χ3v) is 21.6. The van der Waals surface area contributed by atoms with Crippen molar-refractivity contribution in [1.82, 2.24) is 74.1 Å². The molecule has 0 aliphatic carbocycles. The van der Waals surface area contributed by atoms with Gasteiger partial charge in [-0.1, -0.05) is 143 Å². The van der Waals surface area contributed by atoms with Crippen LogP contribution >= 0.6 is 21.6 Å². The summed E-state index contributed by atoms with van der Waals surface area (Å²) in [5, 5.41) is 76.4. The lowest BCUT2D eigenvalue weighted by atomic mass is 10.00. The Kier molecular flexibility index (Phi) is 38.7. The Labute approximate surface area is 699 Å². The standard InChI is InChI=1S/C81H106N18O19S2/c1-45(84)69(105)87-41-67(104)88-64-43-119-120-44-65(81(117)118)98-78(114)63(42-100)97-75(111)59(37-50-28-30-52(102)31-29-50)92-74(110)60(36-49-22-10-5-11-23-49)96-80(116)68(46(2)101)99-71(107)56(27-15-17-33-83)89-76(112)61(38-51-40-86-54-25-13-12-24-53(51)54)94-73(109)58(35-48-20-8-4-9-21-48)91-72(108)57(34-47-18-6-3-7-19-47)93-77(113)62(39-66(85)103)95-70(106)55(90-79(64)115)26-14-16-32-82/h3-13,18-25,28-31,40,45-46,55-65,68,86,100-102H,14-17,26-27,32-39,41-44,82-84H2,1-2H3,(H2,85,103)(H,87,105)(H,88,104)(H,89,112)(H,90,115)(H,91,108)(H,92,110)(H,93,113)(H,94,109)(H,95,106)(H,96,116)(H,97,111)(H,98,114)(H,99,107)(H,117,118)/t45-,46+,55-,56-,57-,58-,59-,60-,61-,62-,63-,64-,65-,68-/m0/s1. The van der Waals surface area contributed by atoms with Gasteiger partial charge in [0, 0.05) is 60.7 Å². The number of hydrogen-bond donors (Lipinski definition) is 22. The number of benzene rings is 5. The van der Waals surface area contributed by atoms with Gasteiger partial charge in [-0.3, -0.25) is 67.1 Å². The second kappa shape index (κ2) is 48.8. The smallest absolute Gasteiger partial charge is 0.327 e. The number of aromatic amines is 1. The van der Waals surface area contributed by atoms with Crippen molar-refractivity contribution in [3.8, 4) is 5.75 Å². The van der Waals surface area contributed by atoms with Crippen LogP contribution in [0.5, 0.6) is 5.75 Å². The molecular weight excluding hydrogens is 1590 g/mol. The molecule has 0 bridgehead atoms. The summed E-state index contributed by atoms with van der Waals surface area (Å²) in [4.78, 5) is 219. The summed E-state index contributed by atoms with van der Waals surface area (Å²) in [6.45, 7) is 0.847. The Morgan fingerprint density at radius 3 is 1.32 bits per heavy atom. The molecule has 1 aliphatic rings. The Balaban J connectivity index is 1.33. The molecular formula is C81H106N18O19S2. The number of aliphatic hydroxyl groups is 2. The van der Waals surface area contributed by atoms with E-state index in [-0.39, 0.29) is 76.6 Å². The number of hydrogen-bond acceptors (Lipinski definition) is 23. The molecule has 14 amide bonds. The minimum atomic E-state index is -1.94. The number of amides is 14. The van der Waals surface area contributed by atoms with Gasteiger partial charge in [0.05, 0.1) is 31.7 Å². The number of carboxylic acid groups (broad SMARTS) is 1. The van der Waals surface area contributed by atoms with E-state index in [0.29, 0.717) is 45.1 Å². The summed E-state index contributed by atoms with van der Waals surface area (Å²) < 4.78 is 0. The van der Waals surface area contributed by atoms with Crippen LogP contribution in [0.2, 0.25) is 0 Å². The van der Waals surface area contributed by atoms with Crippen molar-refractivity contribution in [3.63, 3.8) is 0 Å². The second-order valence-corrected chi connectivity index (χ2v) is 31.4. The molecule has 7 rings (SSSR count). The first-order chi connectivity index (χ1) is 57.4. The lowest BCUT2D eigenvalue weighted by Crippen LogP contribution is -2.63. The van der Waals surface area contributed by atoms with Gasteiger partial charge in [-0.2, -0.15) is 0 Å². The maximum absolute atomic E-state index is 15.4. The molecule has 0 unspecified atom stereocenters. The van der Waals surface area contributed by atoms with E-state index in [1.54, 1.807) is 121 Å². The molecule has 0 spiro atoms. The molecule has 2 heterocycles. The van der Waals surface area contributed by atoms with E-state index in [0.717, 1.165) is 28.5 Å². The van der Waals surface area contributed by atoms with E-state index in [4.69, 9.17) is 22.9 Å². The highest BCUT2D eigenvalue weighted by Gasteiger charge is 2.39. The van der Waals surface area contributed by atoms with Gasteiger partial charge in [-0.15, -0.1) is 0 Å². The number of carboxylic acids is 1. The molecule has 1 aliphatic heterocycles. The first kappa shape index (κ1) is 95.1.